The smallest absolute Gasteiger partial charge is 0.309 e. The van der Waals surface area contributed by atoms with E-state index in [4.69, 9.17) is 0 Å². The average molecular weight is 257 g/mol. The van der Waals surface area contributed by atoms with Crippen LogP contribution in [0.1, 0.15) is 24.1 Å². The van der Waals surface area contributed by atoms with Crippen molar-refractivity contribution < 1.29 is 0 Å². The molecule has 2 aromatic rings. The lowest BCUT2D eigenvalue weighted by atomic mass is 10.1. The summed E-state index contributed by atoms with van der Waals surface area (Å²) >= 11 is 0. The molecule has 0 aliphatic carbocycles. The van der Waals surface area contributed by atoms with Crippen LogP contribution >= 0.6 is 0 Å². The van der Waals surface area contributed by atoms with Gasteiger partial charge in [-0.05, 0) is 25.1 Å². The number of hydrogen-bond acceptors (Lipinski definition) is 3. The molecule has 1 N–H and O–H groups in total. The highest BCUT2D eigenvalue weighted by atomic mass is 16.1. The fraction of sp³-hybridized carbons (Fsp3) is 0.333. The van der Waals surface area contributed by atoms with Crippen LogP contribution in [0.3, 0.4) is 0 Å². The second kappa shape index (κ2) is 6.29. The van der Waals surface area contributed by atoms with Crippen LogP contribution in [0.15, 0.2) is 47.5 Å². The predicted molar refractivity (Wildman–Crippen MR) is 76.1 cm³/mol. The lowest BCUT2D eigenvalue weighted by molar-refractivity contribution is 0.462. The fourth-order valence-corrected chi connectivity index (χ4v) is 2.06. The molecule has 0 amide bonds. The maximum atomic E-state index is 11.7. The van der Waals surface area contributed by atoms with Gasteiger partial charge in [0.2, 0.25) is 0 Å². The topological polar surface area (TPSA) is 46.9 Å². The van der Waals surface area contributed by atoms with Gasteiger partial charge in [0, 0.05) is 18.9 Å². The number of rotatable bonds is 5. The molecule has 1 heterocycles. The van der Waals surface area contributed by atoms with Gasteiger partial charge >= 0.3 is 5.69 Å². The second-order valence-electron chi connectivity index (χ2n) is 4.58. The summed E-state index contributed by atoms with van der Waals surface area (Å²) in [6, 6.07) is 10.3. The summed E-state index contributed by atoms with van der Waals surface area (Å²) in [5, 5.41) is 3.41. The summed E-state index contributed by atoms with van der Waals surface area (Å²) < 4.78 is 1.63. The third-order valence-electron chi connectivity index (χ3n) is 3.09. The van der Waals surface area contributed by atoms with Gasteiger partial charge in [-0.2, -0.15) is 0 Å². The maximum Gasteiger partial charge on any atom is 0.347 e. The van der Waals surface area contributed by atoms with E-state index in [1.165, 1.54) is 17.3 Å². The van der Waals surface area contributed by atoms with E-state index in [0.717, 1.165) is 6.54 Å². The van der Waals surface area contributed by atoms with Crippen molar-refractivity contribution in [2.45, 2.75) is 26.4 Å². The summed E-state index contributed by atoms with van der Waals surface area (Å²) in [6.45, 7) is 5.57. The molecular weight excluding hydrogens is 238 g/mol. The summed E-state index contributed by atoms with van der Waals surface area (Å²) in [6.07, 6.45) is 3.29. The van der Waals surface area contributed by atoms with Gasteiger partial charge < -0.3 is 5.32 Å². The fourth-order valence-electron chi connectivity index (χ4n) is 2.06. The van der Waals surface area contributed by atoms with Gasteiger partial charge in [0.15, 0.2) is 0 Å². The Kier molecular flexibility index (Phi) is 4.47. The number of aryl methyl sites for hydroxylation is 1. The molecule has 4 nitrogen and oxygen atoms in total. The van der Waals surface area contributed by atoms with Crippen molar-refractivity contribution in [1.29, 1.82) is 0 Å². The molecule has 1 unspecified atom stereocenters. The molecule has 0 aliphatic heterocycles. The van der Waals surface area contributed by atoms with Gasteiger partial charge in [-0.3, -0.25) is 4.57 Å². The quantitative estimate of drug-likeness (QED) is 0.890. The lowest BCUT2D eigenvalue weighted by Crippen LogP contribution is -2.31. The molecule has 4 heteroatoms. The summed E-state index contributed by atoms with van der Waals surface area (Å²) in [5.74, 6) is 0. The van der Waals surface area contributed by atoms with Crippen molar-refractivity contribution >= 4 is 0 Å². The predicted octanol–water partition coefficient (Wildman–Crippen LogP) is 1.90. The Morgan fingerprint density at radius 1 is 1.32 bits per heavy atom. The molecule has 0 aliphatic rings. The Labute approximate surface area is 113 Å². The maximum absolute atomic E-state index is 11.7. The Morgan fingerprint density at radius 2 is 2.05 bits per heavy atom. The number of likely N-dealkylation sites (N-methyl/N-ethyl adjacent to an activating group) is 1. The Morgan fingerprint density at radius 3 is 2.68 bits per heavy atom. The first kappa shape index (κ1) is 13.5. The van der Waals surface area contributed by atoms with Crippen molar-refractivity contribution in [3.8, 4) is 0 Å². The van der Waals surface area contributed by atoms with Crippen LogP contribution in [-0.4, -0.2) is 16.1 Å². The van der Waals surface area contributed by atoms with Crippen LogP contribution < -0.4 is 11.0 Å². The zero-order valence-electron chi connectivity index (χ0n) is 11.3. The van der Waals surface area contributed by atoms with E-state index in [1.807, 2.05) is 0 Å². The SMILES string of the molecule is CCNC(Cn1cccnc1=O)c1ccc(C)cc1. The molecule has 0 saturated heterocycles. The van der Waals surface area contributed by atoms with E-state index in [-0.39, 0.29) is 11.7 Å². The first-order valence-electron chi connectivity index (χ1n) is 6.52. The van der Waals surface area contributed by atoms with Gasteiger partial charge in [-0.15, -0.1) is 0 Å². The molecule has 0 spiro atoms. The summed E-state index contributed by atoms with van der Waals surface area (Å²) in [7, 11) is 0. The molecular formula is C15H19N3O. The van der Waals surface area contributed by atoms with Crippen LogP contribution in [0.2, 0.25) is 0 Å². The third-order valence-corrected chi connectivity index (χ3v) is 3.09. The van der Waals surface area contributed by atoms with Crippen molar-refractivity contribution in [3.05, 3.63) is 64.3 Å². The van der Waals surface area contributed by atoms with Crippen molar-refractivity contribution in [2.24, 2.45) is 0 Å². The number of nitrogens with zero attached hydrogens (tertiary/aromatic N) is 2. The van der Waals surface area contributed by atoms with Gasteiger partial charge in [0.25, 0.3) is 0 Å². The summed E-state index contributed by atoms with van der Waals surface area (Å²) in [4.78, 5) is 15.4. The normalized spacial score (nSPS) is 12.3. The molecule has 0 radical (unpaired) electrons. The van der Waals surface area contributed by atoms with E-state index in [0.29, 0.717) is 6.54 Å². The molecule has 2 rings (SSSR count). The molecule has 1 atom stereocenters. The standard InChI is InChI=1S/C15H19N3O/c1-3-16-14(13-7-5-12(2)6-8-13)11-18-10-4-9-17-15(18)19/h4-10,14,16H,3,11H2,1-2H3. The Balaban J connectivity index is 2.23. The monoisotopic (exact) mass is 257 g/mol. The third kappa shape index (κ3) is 3.51. The molecule has 100 valence electrons. The molecule has 0 saturated carbocycles. The van der Waals surface area contributed by atoms with Crippen LogP contribution in [0.25, 0.3) is 0 Å². The van der Waals surface area contributed by atoms with E-state index in [2.05, 4.69) is 48.4 Å². The summed E-state index contributed by atoms with van der Waals surface area (Å²) in [5.41, 5.74) is 2.21. The van der Waals surface area contributed by atoms with Crippen LogP contribution in [-0.2, 0) is 6.54 Å². The molecule has 1 aromatic heterocycles. The first-order chi connectivity index (χ1) is 9.20. The number of nitrogens with one attached hydrogen (secondary N) is 1. The van der Waals surface area contributed by atoms with Crippen LogP contribution in [0.5, 0.6) is 0 Å². The minimum absolute atomic E-state index is 0.118. The largest absolute Gasteiger partial charge is 0.347 e. The van der Waals surface area contributed by atoms with E-state index in [9.17, 15) is 4.79 Å². The minimum Gasteiger partial charge on any atom is -0.309 e. The number of aromatic nitrogens is 2. The van der Waals surface area contributed by atoms with E-state index < -0.39 is 0 Å². The highest BCUT2D eigenvalue weighted by Gasteiger charge is 2.11. The molecule has 19 heavy (non-hydrogen) atoms. The molecule has 0 fully saturated rings. The zero-order chi connectivity index (χ0) is 13.7. The van der Waals surface area contributed by atoms with Crippen molar-refractivity contribution in [3.63, 3.8) is 0 Å². The van der Waals surface area contributed by atoms with Crippen LogP contribution in [0, 0.1) is 6.92 Å². The van der Waals surface area contributed by atoms with Crippen molar-refractivity contribution in [2.75, 3.05) is 6.54 Å². The van der Waals surface area contributed by atoms with Gasteiger partial charge in [-0.1, -0.05) is 36.8 Å². The number of benzene rings is 1. The minimum atomic E-state index is -0.211. The first-order valence-corrected chi connectivity index (χ1v) is 6.52. The van der Waals surface area contributed by atoms with Crippen molar-refractivity contribution in [1.82, 2.24) is 14.9 Å². The van der Waals surface area contributed by atoms with E-state index >= 15 is 0 Å². The van der Waals surface area contributed by atoms with Gasteiger partial charge in [0.05, 0.1) is 6.04 Å². The highest BCUT2D eigenvalue weighted by molar-refractivity contribution is 5.24. The second-order valence-corrected chi connectivity index (χ2v) is 4.58. The average Bonchev–Trinajstić information content (AvgIpc) is 2.42. The van der Waals surface area contributed by atoms with E-state index in [1.54, 1.807) is 16.8 Å². The lowest BCUT2D eigenvalue weighted by Gasteiger charge is -2.19. The Hall–Kier alpha value is -1.94. The molecule has 0 bridgehead atoms. The molecule has 1 aromatic carbocycles. The zero-order valence-corrected chi connectivity index (χ0v) is 11.3. The number of hydrogen-bond donors (Lipinski definition) is 1. The van der Waals surface area contributed by atoms with Gasteiger partial charge in [-0.25, -0.2) is 9.78 Å². The van der Waals surface area contributed by atoms with Crippen LogP contribution in [0.4, 0.5) is 0 Å². The Bertz CT molecular complexity index is 574. The highest BCUT2D eigenvalue weighted by Crippen LogP contribution is 2.15. The van der Waals surface area contributed by atoms with Gasteiger partial charge in [0.1, 0.15) is 0 Å².